The number of halogens is 2. The van der Waals surface area contributed by atoms with Gasteiger partial charge in [0.2, 0.25) is 0 Å². The van der Waals surface area contributed by atoms with Crippen LogP contribution in [-0.2, 0) is 11.2 Å². The third-order valence-corrected chi connectivity index (χ3v) is 4.98. The number of fused-ring (bicyclic) bond motifs is 1. The molecule has 0 unspecified atom stereocenters. The van der Waals surface area contributed by atoms with Gasteiger partial charge in [-0.25, -0.2) is 4.79 Å². The molecule has 0 radical (unpaired) electrons. The predicted molar refractivity (Wildman–Crippen MR) is 109 cm³/mol. The Morgan fingerprint density at radius 3 is 2.70 bits per heavy atom. The molecule has 0 amide bonds. The summed E-state index contributed by atoms with van der Waals surface area (Å²) in [6, 6.07) is 11.2. The minimum atomic E-state index is -0.353. The third kappa shape index (κ3) is 4.57. The molecule has 0 saturated heterocycles. The number of nitrogens with one attached hydrogen (secondary N) is 1. The van der Waals surface area contributed by atoms with Crippen LogP contribution in [0.2, 0.25) is 10.0 Å². The van der Waals surface area contributed by atoms with Gasteiger partial charge in [-0.05, 0) is 68.1 Å². The van der Waals surface area contributed by atoms with Crippen LogP contribution < -0.4 is 4.74 Å². The smallest absolute Gasteiger partial charge is 0.355 e. The van der Waals surface area contributed by atoms with Crippen LogP contribution in [0.15, 0.2) is 36.4 Å². The summed E-state index contributed by atoms with van der Waals surface area (Å²) in [6.45, 7) is 4.59. The quantitative estimate of drug-likeness (QED) is 0.388. The highest BCUT2D eigenvalue weighted by atomic mass is 35.5. The van der Waals surface area contributed by atoms with Crippen LogP contribution in [0.4, 0.5) is 0 Å². The zero-order valence-electron chi connectivity index (χ0n) is 15.3. The third-order valence-electron chi connectivity index (χ3n) is 4.32. The molecule has 3 rings (SSSR count). The zero-order chi connectivity index (χ0) is 19.4. The van der Waals surface area contributed by atoms with E-state index in [1.165, 1.54) is 0 Å². The SMILES string of the molecule is CCOC(=O)c1[nH]c2cc(Cl)ccc2c1CCCOc1ccc(Cl)c(C)c1. The molecule has 142 valence electrons. The maximum absolute atomic E-state index is 12.3. The van der Waals surface area contributed by atoms with Crippen LogP contribution in [0.5, 0.6) is 5.75 Å². The van der Waals surface area contributed by atoms with Crippen molar-refractivity contribution >= 4 is 40.1 Å². The molecule has 0 spiro atoms. The van der Waals surface area contributed by atoms with Gasteiger partial charge in [-0.2, -0.15) is 0 Å². The summed E-state index contributed by atoms with van der Waals surface area (Å²) in [4.78, 5) is 15.5. The first kappa shape index (κ1) is 19.6. The van der Waals surface area contributed by atoms with Crippen molar-refractivity contribution in [2.75, 3.05) is 13.2 Å². The van der Waals surface area contributed by atoms with E-state index >= 15 is 0 Å². The van der Waals surface area contributed by atoms with Gasteiger partial charge >= 0.3 is 5.97 Å². The van der Waals surface area contributed by atoms with Crippen LogP contribution in [0.25, 0.3) is 10.9 Å². The molecular formula is C21H21Cl2NO3. The maximum Gasteiger partial charge on any atom is 0.355 e. The maximum atomic E-state index is 12.3. The Balaban J connectivity index is 1.73. The molecule has 0 atom stereocenters. The summed E-state index contributed by atoms with van der Waals surface area (Å²) in [7, 11) is 0. The van der Waals surface area contributed by atoms with Crippen molar-refractivity contribution in [3.63, 3.8) is 0 Å². The van der Waals surface area contributed by atoms with E-state index in [2.05, 4.69) is 4.98 Å². The number of aryl methyl sites for hydroxylation is 2. The van der Waals surface area contributed by atoms with Crippen LogP contribution >= 0.6 is 23.2 Å². The topological polar surface area (TPSA) is 51.3 Å². The van der Waals surface area contributed by atoms with Crippen LogP contribution in [-0.4, -0.2) is 24.2 Å². The van der Waals surface area contributed by atoms with Gasteiger partial charge in [-0.1, -0.05) is 29.3 Å². The summed E-state index contributed by atoms with van der Waals surface area (Å²) in [6.07, 6.45) is 1.44. The van der Waals surface area contributed by atoms with Gasteiger partial charge < -0.3 is 14.5 Å². The van der Waals surface area contributed by atoms with E-state index in [1.807, 2.05) is 43.3 Å². The summed E-state index contributed by atoms with van der Waals surface area (Å²) in [5.74, 6) is 0.433. The molecule has 0 aliphatic heterocycles. The molecule has 0 bridgehead atoms. The van der Waals surface area contributed by atoms with Crippen LogP contribution in [0.3, 0.4) is 0 Å². The molecule has 0 saturated carbocycles. The van der Waals surface area contributed by atoms with Crippen molar-refractivity contribution in [1.29, 1.82) is 0 Å². The minimum absolute atomic E-state index is 0.327. The second-order valence-corrected chi connectivity index (χ2v) is 7.10. The summed E-state index contributed by atoms with van der Waals surface area (Å²) in [5.41, 5.74) is 3.22. The number of carbonyl (C=O) groups excluding carboxylic acids is 1. The summed E-state index contributed by atoms with van der Waals surface area (Å²) < 4.78 is 11.0. The molecule has 1 N–H and O–H groups in total. The number of aromatic nitrogens is 1. The largest absolute Gasteiger partial charge is 0.494 e. The lowest BCUT2D eigenvalue weighted by Crippen LogP contribution is -2.09. The fourth-order valence-electron chi connectivity index (χ4n) is 3.01. The lowest BCUT2D eigenvalue weighted by atomic mass is 10.1. The molecular weight excluding hydrogens is 385 g/mol. The van der Waals surface area contributed by atoms with Crippen molar-refractivity contribution in [2.24, 2.45) is 0 Å². The average molecular weight is 406 g/mol. The predicted octanol–water partition coefficient (Wildman–Crippen LogP) is 5.97. The average Bonchev–Trinajstić information content (AvgIpc) is 2.99. The van der Waals surface area contributed by atoms with E-state index in [9.17, 15) is 4.79 Å². The summed E-state index contributed by atoms with van der Waals surface area (Å²) in [5, 5.41) is 2.32. The lowest BCUT2D eigenvalue weighted by Gasteiger charge is -2.08. The Labute approximate surface area is 168 Å². The van der Waals surface area contributed by atoms with Crippen LogP contribution in [0.1, 0.15) is 35.0 Å². The van der Waals surface area contributed by atoms with Gasteiger partial charge in [-0.3, -0.25) is 0 Å². The number of H-pyrrole nitrogens is 1. The highest BCUT2D eigenvalue weighted by molar-refractivity contribution is 6.31. The van der Waals surface area contributed by atoms with Crippen molar-refractivity contribution in [1.82, 2.24) is 4.98 Å². The Bertz CT molecular complexity index is 965. The fraction of sp³-hybridized carbons (Fsp3) is 0.286. The highest BCUT2D eigenvalue weighted by Gasteiger charge is 2.18. The Kier molecular flexibility index (Phi) is 6.30. The van der Waals surface area contributed by atoms with E-state index in [0.29, 0.717) is 30.4 Å². The van der Waals surface area contributed by atoms with E-state index in [4.69, 9.17) is 32.7 Å². The molecule has 0 aliphatic carbocycles. The Morgan fingerprint density at radius 1 is 1.15 bits per heavy atom. The first-order valence-corrected chi connectivity index (χ1v) is 9.61. The molecule has 6 heteroatoms. The molecule has 3 aromatic rings. The van der Waals surface area contributed by atoms with Gasteiger partial charge in [0.1, 0.15) is 11.4 Å². The Hall–Kier alpha value is -2.17. The highest BCUT2D eigenvalue weighted by Crippen LogP contribution is 2.27. The van der Waals surface area contributed by atoms with Gasteiger partial charge in [-0.15, -0.1) is 0 Å². The van der Waals surface area contributed by atoms with Crippen molar-refractivity contribution in [3.8, 4) is 5.75 Å². The Morgan fingerprint density at radius 2 is 1.96 bits per heavy atom. The second kappa shape index (κ2) is 8.68. The second-order valence-electron chi connectivity index (χ2n) is 6.25. The standard InChI is InChI=1S/C21H21Cl2NO3/c1-3-26-21(25)20-17(16-8-6-14(22)12-19(16)24-20)5-4-10-27-15-7-9-18(23)13(2)11-15/h6-9,11-12,24H,3-5,10H2,1-2H3. The molecule has 0 fully saturated rings. The number of hydrogen-bond acceptors (Lipinski definition) is 3. The molecule has 1 aromatic heterocycles. The van der Waals surface area contributed by atoms with Crippen molar-refractivity contribution in [3.05, 3.63) is 63.3 Å². The first-order valence-electron chi connectivity index (χ1n) is 8.85. The number of carbonyl (C=O) groups is 1. The van der Waals surface area contributed by atoms with E-state index in [0.717, 1.165) is 39.2 Å². The van der Waals surface area contributed by atoms with Crippen molar-refractivity contribution in [2.45, 2.75) is 26.7 Å². The van der Waals surface area contributed by atoms with Gasteiger partial charge in [0.25, 0.3) is 0 Å². The zero-order valence-corrected chi connectivity index (χ0v) is 16.8. The number of hydrogen-bond donors (Lipinski definition) is 1. The molecule has 0 aliphatic rings. The number of esters is 1. The molecule has 2 aromatic carbocycles. The normalized spacial score (nSPS) is 11.0. The van der Waals surface area contributed by atoms with E-state index in [1.54, 1.807) is 6.92 Å². The molecule has 4 nitrogen and oxygen atoms in total. The lowest BCUT2D eigenvalue weighted by molar-refractivity contribution is 0.0519. The number of ether oxygens (including phenoxy) is 2. The van der Waals surface area contributed by atoms with Gasteiger partial charge in [0.15, 0.2) is 0 Å². The van der Waals surface area contributed by atoms with Gasteiger partial charge in [0.05, 0.1) is 13.2 Å². The number of aromatic amines is 1. The number of rotatable bonds is 7. The minimum Gasteiger partial charge on any atom is -0.494 e. The fourth-order valence-corrected chi connectivity index (χ4v) is 3.30. The van der Waals surface area contributed by atoms with E-state index < -0.39 is 0 Å². The molecule has 1 heterocycles. The molecule has 27 heavy (non-hydrogen) atoms. The van der Waals surface area contributed by atoms with Crippen LogP contribution in [0, 0.1) is 6.92 Å². The van der Waals surface area contributed by atoms with Crippen molar-refractivity contribution < 1.29 is 14.3 Å². The number of benzene rings is 2. The van der Waals surface area contributed by atoms with Gasteiger partial charge in [0, 0.05) is 20.9 Å². The van der Waals surface area contributed by atoms with E-state index in [-0.39, 0.29) is 5.97 Å². The monoisotopic (exact) mass is 405 g/mol. The first-order chi connectivity index (χ1) is 13.0. The summed E-state index contributed by atoms with van der Waals surface area (Å²) >= 11 is 12.1.